The van der Waals surface area contributed by atoms with Crippen molar-refractivity contribution in [1.82, 2.24) is 10.3 Å². The first kappa shape index (κ1) is 11.6. The highest BCUT2D eigenvalue weighted by molar-refractivity contribution is 5.94. The van der Waals surface area contributed by atoms with Gasteiger partial charge in [-0.25, -0.2) is 4.79 Å². The summed E-state index contributed by atoms with van der Waals surface area (Å²) in [6.07, 6.45) is 3.87. The quantitative estimate of drug-likeness (QED) is 0.785. The summed E-state index contributed by atoms with van der Waals surface area (Å²) in [6, 6.07) is 9.92. The zero-order valence-corrected chi connectivity index (χ0v) is 10.5. The predicted molar refractivity (Wildman–Crippen MR) is 75.3 cm³/mol. The molecular weight excluding hydrogens is 240 g/mol. The monoisotopic (exact) mass is 256 g/mol. The average Bonchev–Trinajstić information content (AvgIpc) is 3.08. The number of carbonyl (C=O) groups is 1. The topological polar surface area (TPSA) is 60.2 Å². The molecule has 0 unspecified atom stereocenters. The van der Waals surface area contributed by atoms with E-state index in [2.05, 4.69) is 15.6 Å². The predicted octanol–water partition coefficient (Wildman–Crippen LogP) is 2.16. The molecule has 0 atom stereocenters. The van der Waals surface area contributed by atoms with Crippen LogP contribution in [0.15, 0.2) is 42.7 Å². The van der Waals surface area contributed by atoms with Gasteiger partial charge in [-0.2, -0.15) is 0 Å². The summed E-state index contributed by atoms with van der Waals surface area (Å²) in [4.78, 5) is 16.4. The van der Waals surface area contributed by atoms with E-state index in [1.165, 1.54) is 5.56 Å². The Morgan fingerprint density at radius 3 is 3.00 bits per heavy atom. The molecule has 19 heavy (non-hydrogen) atoms. The number of nitrogens with zero attached hydrogens (tertiary/aromatic N) is 1. The number of carbonyl (C=O) groups excluding carboxylic acids is 1. The zero-order valence-electron chi connectivity index (χ0n) is 10.5. The Balaban J connectivity index is 1.71. The van der Waals surface area contributed by atoms with Crippen LogP contribution in [-0.2, 0) is 6.54 Å². The van der Waals surface area contributed by atoms with Crippen LogP contribution in [0, 0.1) is 0 Å². The Morgan fingerprint density at radius 2 is 2.26 bits per heavy atom. The fraction of sp³-hybridized carbons (Fsp3) is 0.214. The molecule has 0 saturated carbocycles. The molecule has 0 bridgehead atoms. The van der Waals surface area contributed by atoms with Crippen LogP contribution in [0.2, 0.25) is 0 Å². The molecular formula is C14H16N4O. The third-order valence-electron chi connectivity index (χ3n) is 3.17. The first-order valence-electron chi connectivity index (χ1n) is 6.34. The van der Waals surface area contributed by atoms with Crippen LogP contribution < -0.4 is 15.5 Å². The van der Waals surface area contributed by atoms with Crippen LogP contribution in [0.1, 0.15) is 5.56 Å². The van der Waals surface area contributed by atoms with Gasteiger partial charge in [-0.1, -0.05) is 6.07 Å². The molecule has 1 saturated heterocycles. The van der Waals surface area contributed by atoms with Gasteiger partial charge in [0.1, 0.15) is 0 Å². The van der Waals surface area contributed by atoms with Gasteiger partial charge >= 0.3 is 6.03 Å². The van der Waals surface area contributed by atoms with Crippen molar-refractivity contribution >= 4 is 17.4 Å². The summed E-state index contributed by atoms with van der Waals surface area (Å²) in [5.74, 6) is 0. The minimum atomic E-state index is -0.0252. The fourth-order valence-corrected chi connectivity index (χ4v) is 2.17. The van der Waals surface area contributed by atoms with Crippen LogP contribution in [0.4, 0.5) is 16.2 Å². The maximum absolute atomic E-state index is 11.6. The van der Waals surface area contributed by atoms with Gasteiger partial charge in [-0.3, -0.25) is 4.90 Å². The standard InChI is InChI=1S/C14H16N4O/c19-14-16-6-7-18(14)13-3-1-2-12(8-13)17-10-11-4-5-15-9-11/h1-5,8-9,15,17H,6-7,10H2,(H,16,19). The lowest BCUT2D eigenvalue weighted by Gasteiger charge is -2.15. The molecule has 2 aromatic rings. The van der Waals surface area contributed by atoms with E-state index in [0.29, 0.717) is 6.54 Å². The lowest BCUT2D eigenvalue weighted by Crippen LogP contribution is -2.27. The summed E-state index contributed by atoms with van der Waals surface area (Å²) in [5, 5.41) is 6.15. The summed E-state index contributed by atoms with van der Waals surface area (Å²) in [5.41, 5.74) is 3.14. The molecule has 0 spiro atoms. The summed E-state index contributed by atoms with van der Waals surface area (Å²) < 4.78 is 0. The number of anilines is 2. The highest BCUT2D eigenvalue weighted by Gasteiger charge is 2.20. The van der Waals surface area contributed by atoms with Crippen molar-refractivity contribution in [2.24, 2.45) is 0 Å². The number of benzene rings is 1. The zero-order chi connectivity index (χ0) is 13.1. The smallest absolute Gasteiger partial charge is 0.321 e. The second kappa shape index (κ2) is 5.06. The highest BCUT2D eigenvalue weighted by atomic mass is 16.2. The Morgan fingerprint density at radius 1 is 1.32 bits per heavy atom. The van der Waals surface area contributed by atoms with Crippen molar-refractivity contribution in [3.8, 4) is 0 Å². The molecule has 1 fully saturated rings. The molecule has 2 amide bonds. The van der Waals surface area contributed by atoms with Gasteiger partial charge in [0.05, 0.1) is 0 Å². The van der Waals surface area contributed by atoms with Crippen LogP contribution >= 0.6 is 0 Å². The molecule has 1 aliphatic heterocycles. The minimum absolute atomic E-state index is 0.0252. The normalized spacial score (nSPS) is 14.5. The third-order valence-corrected chi connectivity index (χ3v) is 3.17. The van der Waals surface area contributed by atoms with Gasteiger partial charge in [-0.15, -0.1) is 0 Å². The van der Waals surface area contributed by atoms with Crippen molar-refractivity contribution in [3.05, 3.63) is 48.3 Å². The molecule has 5 heteroatoms. The molecule has 3 rings (SSSR count). The number of hydrogen-bond acceptors (Lipinski definition) is 2. The maximum atomic E-state index is 11.6. The average molecular weight is 256 g/mol. The molecule has 1 aromatic heterocycles. The Labute approximate surface area is 111 Å². The number of aromatic nitrogens is 1. The van der Waals surface area contributed by atoms with Gasteiger partial charge in [0.15, 0.2) is 0 Å². The van der Waals surface area contributed by atoms with Crippen molar-refractivity contribution in [1.29, 1.82) is 0 Å². The molecule has 1 aliphatic rings. The maximum Gasteiger partial charge on any atom is 0.321 e. The third kappa shape index (κ3) is 2.54. The van der Waals surface area contributed by atoms with Crippen LogP contribution in [0.5, 0.6) is 0 Å². The number of rotatable bonds is 4. The Hall–Kier alpha value is -2.43. The van der Waals surface area contributed by atoms with Crippen molar-refractivity contribution in [2.45, 2.75) is 6.54 Å². The number of nitrogens with one attached hydrogen (secondary N) is 3. The summed E-state index contributed by atoms with van der Waals surface area (Å²) in [7, 11) is 0. The molecule has 1 aromatic carbocycles. The number of H-pyrrole nitrogens is 1. The van der Waals surface area contributed by atoms with Crippen molar-refractivity contribution in [2.75, 3.05) is 23.3 Å². The van der Waals surface area contributed by atoms with Crippen molar-refractivity contribution in [3.63, 3.8) is 0 Å². The van der Waals surface area contributed by atoms with E-state index in [1.54, 1.807) is 4.90 Å². The van der Waals surface area contributed by atoms with Gasteiger partial charge in [-0.05, 0) is 29.8 Å². The van der Waals surface area contributed by atoms with Gasteiger partial charge < -0.3 is 15.6 Å². The second-order valence-corrected chi connectivity index (χ2v) is 4.51. The second-order valence-electron chi connectivity index (χ2n) is 4.51. The summed E-state index contributed by atoms with van der Waals surface area (Å²) in [6.45, 7) is 2.19. The molecule has 3 N–H and O–H groups in total. The minimum Gasteiger partial charge on any atom is -0.381 e. The highest BCUT2D eigenvalue weighted by Crippen LogP contribution is 2.21. The van der Waals surface area contributed by atoms with Gasteiger partial charge in [0.2, 0.25) is 0 Å². The van der Waals surface area contributed by atoms with E-state index in [9.17, 15) is 4.79 Å². The van der Waals surface area contributed by atoms with Crippen LogP contribution in [0.3, 0.4) is 0 Å². The number of hydrogen-bond donors (Lipinski definition) is 3. The first-order chi connectivity index (χ1) is 9.33. The van der Waals surface area contributed by atoms with Gasteiger partial charge in [0, 0.05) is 43.4 Å². The van der Waals surface area contributed by atoms with Crippen LogP contribution in [-0.4, -0.2) is 24.1 Å². The van der Waals surface area contributed by atoms with E-state index in [-0.39, 0.29) is 6.03 Å². The molecule has 5 nitrogen and oxygen atoms in total. The largest absolute Gasteiger partial charge is 0.381 e. The number of urea groups is 1. The van der Waals surface area contributed by atoms with E-state index in [1.807, 2.05) is 42.7 Å². The lowest BCUT2D eigenvalue weighted by molar-refractivity contribution is 0.252. The summed E-state index contributed by atoms with van der Waals surface area (Å²) >= 11 is 0. The van der Waals surface area contributed by atoms with E-state index in [0.717, 1.165) is 24.5 Å². The van der Waals surface area contributed by atoms with E-state index in [4.69, 9.17) is 0 Å². The molecule has 0 radical (unpaired) electrons. The van der Waals surface area contributed by atoms with Crippen LogP contribution in [0.25, 0.3) is 0 Å². The van der Waals surface area contributed by atoms with Crippen molar-refractivity contribution < 1.29 is 4.79 Å². The van der Waals surface area contributed by atoms with Gasteiger partial charge in [0.25, 0.3) is 0 Å². The molecule has 2 heterocycles. The SMILES string of the molecule is O=C1NCCN1c1cccc(NCc2cc[nH]c2)c1. The first-order valence-corrected chi connectivity index (χ1v) is 6.34. The Kier molecular flexibility index (Phi) is 3.10. The lowest BCUT2D eigenvalue weighted by atomic mass is 10.2. The molecule has 0 aliphatic carbocycles. The fourth-order valence-electron chi connectivity index (χ4n) is 2.17. The molecule has 98 valence electrons. The van der Waals surface area contributed by atoms with E-state index >= 15 is 0 Å². The number of aromatic amines is 1. The Bertz CT molecular complexity index is 565. The number of amides is 2. The van der Waals surface area contributed by atoms with E-state index < -0.39 is 0 Å².